The number of para-hydroxylation sites is 1. The van der Waals surface area contributed by atoms with Gasteiger partial charge in [0.05, 0.1) is 5.69 Å². The Kier molecular flexibility index (Phi) is 9.76. The summed E-state index contributed by atoms with van der Waals surface area (Å²) < 4.78 is 7.23. The zero-order chi connectivity index (χ0) is 50.1. The molecule has 8 aromatic rings. The van der Waals surface area contributed by atoms with Gasteiger partial charge in [0, 0.05) is 44.8 Å². The van der Waals surface area contributed by atoms with Crippen molar-refractivity contribution in [3.8, 4) is 11.1 Å². The predicted octanol–water partition coefficient (Wildman–Crippen LogP) is 16.9. The fourth-order valence-electron chi connectivity index (χ4n) is 13.2. The third-order valence-electron chi connectivity index (χ3n) is 18.0. The maximum Gasteiger partial charge on any atom is 0.252 e. The van der Waals surface area contributed by atoms with Crippen LogP contribution in [0.3, 0.4) is 0 Å². The molecule has 0 saturated carbocycles. The van der Waals surface area contributed by atoms with Crippen molar-refractivity contribution < 1.29 is 4.42 Å². The second kappa shape index (κ2) is 15.0. The highest BCUT2D eigenvalue weighted by molar-refractivity contribution is 7.00. The van der Waals surface area contributed by atoms with Gasteiger partial charge < -0.3 is 14.2 Å². The minimum atomic E-state index is -0.144. The Hall–Kier alpha value is -6.00. The highest BCUT2D eigenvalue weighted by Crippen LogP contribution is 2.54. The number of nitrogens with zero attached hydrogens (tertiary/aromatic N) is 2. The molecule has 360 valence electrons. The van der Waals surface area contributed by atoms with Gasteiger partial charge in [0.2, 0.25) is 0 Å². The zero-order valence-electron chi connectivity index (χ0n) is 45.3. The first-order chi connectivity index (χ1) is 33.3. The first-order valence-electron chi connectivity index (χ1n) is 26.6. The zero-order valence-corrected chi connectivity index (χ0v) is 45.3. The van der Waals surface area contributed by atoms with Crippen LogP contribution in [0.5, 0.6) is 0 Å². The van der Waals surface area contributed by atoms with Crippen molar-refractivity contribution in [2.24, 2.45) is 0 Å². The Labute approximate surface area is 424 Å². The number of anilines is 6. The van der Waals surface area contributed by atoms with Crippen molar-refractivity contribution in [2.75, 3.05) is 9.80 Å². The van der Waals surface area contributed by atoms with Crippen LogP contribution in [0.1, 0.15) is 162 Å². The largest absolute Gasteiger partial charge is 0.456 e. The van der Waals surface area contributed by atoms with Crippen molar-refractivity contribution >= 4 is 79.2 Å². The lowest BCUT2D eigenvalue weighted by molar-refractivity contribution is 0.332. The lowest BCUT2D eigenvalue weighted by Gasteiger charge is -2.48. The van der Waals surface area contributed by atoms with Crippen molar-refractivity contribution in [2.45, 2.75) is 162 Å². The number of rotatable bonds is 3. The summed E-state index contributed by atoms with van der Waals surface area (Å²) in [7, 11) is 0. The van der Waals surface area contributed by atoms with E-state index in [0.717, 1.165) is 30.4 Å². The highest BCUT2D eigenvalue weighted by Gasteiger charge is 2.48. The van der Waals surface area contributed by atoms with E-state index in [9.17, 15) is 0 Å². The summed E-state index contributed by atoms with van der Waals surface area (Å²) >= 11 is 0. The van der Waals surface area contributed by atoms with Crippen LogP contribution >= 0.6 is 0 Å². The third-order valence-corrected chi connectivity index (χ3v) is 18.0. The smallest absolute Gasteiger partial charge is 0.252 e. The van der Waals surface area contributed by atoms with E-state index in [0.29, 0.717) is 0 Å². The molecule has 4 heteroatoms. The summed E-state index contributed by atoms with van der Waals surface area (Å²) in [5.74, 6) is 0. The molecule has 0 bridgehead atoms. The number of hydrogen-bond acceptors (Lipinski definition) is 3. The molecule has 0 saturated heterocycles. The Morgan fingerprint density at radius 3 is 1.54 bits per heavy atom. The molecule has 2 aliphatic heterocycles. The van der Waals surface area contributed by atoms with Crippen LogP contribution in [0, 0.1) is 6.92 Å². The first-order valence-corrected chi connectivity index (χ1v) is 26.6. The second-order valence-corrected chi connectivity index (χ2v) is 26.8. The molecule has 0 N–H and O–H groups in total. The van der Waals surface area contributed by atoms with Crippen LogP contribution in [0.4, 0.5) is 34.1 Å². The van der Waals surface area contributed by atoms with Crippen molar-refractivity contribution in [1.82, 2.24) is 0 Å². The summed E-state index contributed by atoms with van der Waals surface area (Å²) in [5.41, 5.74) is 25.7. The molecule has 0 atom stereocenters. The Morgan fingerprint density at radius 1 is 0.437 bits per heavy atom. The molecule has 0 unspecified atom stereocenters. The molecule has 2 aliphatic carbocycles. The van der Waals surface area contributed by atoms with Gasteiger partial charge in [-0.25, -0.2) is 0 Å². The average molecular weight is 933 g/mol. The Balaban J connectivity index is 1.25. The van der Waals surface area contributed by atoms with E-state index < -0.39 is 0 Å². The molecule has 3 nitrogen and oxygen atoms in total. The second-order valence-electron chi connectivity index (χ2n) is 26.8. The molecule has 12 rings (SSSR count). The molecule has 7 aromatic carbocycles. The molecule has 1 aromatic heterocycles. The number of hydrogen-bond donors (Lipinski definition) is 0. The molecule has 0 fully saturated rings. The number of fused-ring (bicyclic) bond motifs is 9. The summed E-state index contributed by atoms with van der Waals surface area (Å²) in [4.78, 5) is 5.33. The molecule has 0 amide bonds. The van der Waals surface area contributed by atoms with Gasteiger partial charge in [-0.05, 0) is 181 Å². The van der Waals surface area contributed by atoms with E-state index in [1.165, 1.54) is 118 Å². The molecule has 4 aliphatic rings. The number of benzene rings is 7. The molecular weight excluding hydrogens is 860 g/mol. The SMILES string of the molecule is Cc1cc(C(C)(C)C)ccc1N1c2cc3c(cc2B2c4cc5oc6cc7c(cc6c5cc4N(c4ccccc4-c4ccccc4)c4cc(C(C)(C)C)cc1c42)C(C)(C)CCC7(C)C)C(C)(C)CCC3(C)C. The van der Waals surface area contributed by atoms with Crippen LogP contribution < -0.4 is 26.2 Å². The standard InChI is InChI=1S/C67H73BN2O/c1-40-31-42(62(2,3)4)25-26-53(40)69-56-37-49-48(65(10,11)28-29-66(49,12)13)36-51(56)68-52-39-60-46(45-34-47-50(38-59(45)71-60)67(14,15)30-27-64(47,8)9)35-55(52)70(58-33-43(63(5,6)7)32-57(69)61(58)68)54-24-20-19-23-44(54)41-21-17-16-18-22-41/h16-26,31-39H,27-30H2,1-15H3. The minimum absolute atomic E-state index is 0.0235. The van der Waals surface area contributed by atoms with Crippen LogP contribution in [-0.4, -0.2) is 6.71 Å². The maximum absolute atomic E-state index is 7.23. The molecule has 0 radical (unpaired) electrons. The van der Waals surface area contributed by atoms with Gasteiger partial charge in [-0.1, -0.05) is 164 Å². The summed E-state index contributed by atoms with van der Waals surface area (Å²) in [6.45, 7) is 36.0. The molecule has 71 heavy (non-hydrogen) atoms. The van der Waals surface area contributed by atoms with Crippen LogP contribution in [-0.2, 0) is 32.5 Å². The van der Waals surface area contributed by atoms with Crippen molar-refractivity contribution in [3.63, 3.8) is 0 Å². The molecule has 3 heterocycles. The third kappa shape index (κ3) is 6.96. The van der Waals surface area contributed by atoms with E-state index in [2.05, 4.69) is 235 Å². The number of aryl methyl sites for hydroxylation is 1. The van der Waals surface area contributed by atoms with Gasteiger partial charge in [-0.2, -0.15) is 0 Å². The summed E-state index contributed by atoms with van der Waals surface area (Å²) in [6, 6.07) is 47.7. The van der Waals surface area contributed by atoms with Gasteiger partial charge in [0.25, 0.3) is 6.71 Å². The van der Waals surface area contributed by atoms with Crippen molar-refractivity contribution in [1.29, 1.82) is 0 Å². The highest BCUT2D eigenvalue weighted by atomic mass is 16.3. The fraction of sp³-hybridized carbons (Fsp3) is 0.373. The Bertz CT molecular complexity index is 3530. The lowest BCUT2D eigenvalue weighted by Crippen LogP contribution is -2.62. The van der Waals surface area contributed by atoms with E-state index in [1.54, 1.807) is 0 Å². The monoisotopic (exact) mass is 933 g/mol. The van der Waals surface area contributed by atoms with E-state index in [4.69, 9.17) is 4.42 Å². The first kappa shape index (κ1) is 46.1. The predicted molar refractivity (Wildman–Crippen MR) is 306 cm³/mol. The van der Waals surface area contributed by atoms with Crippen molar-refractivity contribution in [3.05, 3.63) is 160 Å². The summed E-state index contributed by atoms with van der Waals surface area (Å²) in [6.07, 6.45) is 4.64. The van der Waals surface area contributed by atoms with Crippen LogP contribution in [0.25, 0.3) is 33.1 Å². The Morgan fingerprint density at radius 2 is 0.930 bits per heavy atom. The minimum Gasteiger partial charge on any atom is -0.456 e. The van der Waals surface area contributed by atoms with Crippen LogP contribution in [0.15, 0.2) is 126 Å². The number of furan rings is 1. The van der Waals surface area contributed by atoms with E-state index >= 15 is 0 Å². The summed E-state index contributed by atoms with van der Waals surface area (Å²) in [5, 5.41) is 2.39. The van der Waals surface area contributed by atoms with Gasteiger partial charge in [-0.15, -0.1) is 0 Å². The maximum atomic E-state index is 7.23. The lowest BCUT2D eigenvalue weighted by atomic mass is 9.33. The fourth-order valence-corrected chi connectivity index (χ4v) is 13.2. The van der Waals surface area contributed by atoms with E-state index in [1.807, 2.05) is 0 Å². The van der Waals surface area contributed by atoms with Gasteiger partial charge in [0.15, 0.2) is 0 Å². The average Bonchev–Trinajstić information content (AvgIpc) is 3.67. The van der Waals surface area contributed by atoms with E-state index in [-0.39, 0.29) is 39.2 Å². The molecular formula is C67H73BN2O. The quantitative estimate of drug-likeness (QED) is 0.165. The van der Waals surface area contributed by atoms with Gasteiger partial charge in [0.1, 0.15) is 11.2 Å². The van der Waals surface area contributed by atoms with Gasteiger partial charge in [-0.3, -0.25) is 0 Å². The molecule has 0 spiro atoms. The van der Waals surface area contributed by atoms with Crippen LogP contribution in [0.2, 0.25) is 0 Å². The van der Waals surface area contributed by atoms with Gasteiger partial charge >= 0.3 is 0 Å². The topological polar surface area (TPSA) is 19.6 Å². The normalized spacial score (nSPS) is 18.2.